The van der Waals surface area contributed by atoms with Crippen molar-refractivity contribution in [2.24, 2.45) is 11.8 Å². The quantitative estimate of drug-likeness (QED) is 0.697. The third-order valence-corrected chi connectivity index (χ3v) is 4.21. The molecule has 0 heterocycles. The van der Waals surface area contributed by atoms with E-state index in [1.54, 1.807) is 7.11 Å². The van der Waals surface area contributed by atoms with Gasteiger partial charge in [-0.05, 0) is 6.42 Å². The standard InChI is InChI=1S/C12H18O3/c1-3-12(15-2)8-4-10(13)6-9(12)7-11(14)5-8/h8-9H,3-7H2,1-2H3. The molecule has 0 aromatic carbocycles. The van der Waals surface area contributed by atoms with E-state index in [9.17, 15) is 9.59 Å². The number of carbonyl (C=O) groups is 2. The normalized spacial score (nSPS) is 40.7. The van der Waals surface area contributed by atoms with Crippen LogP contribution in [-0.2, 0) is 14.3 Å². The Labute approximate surface area is 90.2 Å². The van der Waals surface area contributed by atoms with Crippen LogP contribution < -0.4 is 0 Å². The molecular formula is C12H18O3. The lowest BCUT2D eigenvalue weighted by molar-refractivity contribution is -0.167. The van der Waals surface area contributed by atoms with Gasteiger partial charge in [0.2, 0.25) is 0 Å². The molecule has 2 aliphatic rings. The van der Waals surface area contributed by atoms with Gasteiger partial charge in [-0.25, -0.2) is 0 Å². The van der Waals surface area contributed by atoms with E-state index in [0.29, 0.717) is 37.2 Å². The van der Waals surface area contributed by atoms with Crippen LogP contribution in [0.5, 0.6) is 0 Å². The number of rotatable bonds is 2. The third kappa shape index (κ3) is 1.53. The number of fused-ring (bicyclic) bond motifs is 2. The minimum atomic E-state index is -0.207. The van der Waals surface area contributed by atoms with Crippen molar-refractivity contribution in [3.8, 4) is 0 Å². The average Bonchev–Trinajstić information content (AvgIpc) is 2.17. The Morgan fingerprint density at radius 2 is 1.53 bits per heavy atom. The van der Waals surface area contributed by atoms with Crippen LogP contribution in [0, 0.1) is 11.8 Å². The summed E-state index contributed by atoms with van der Waals surface area (Å²) in [6.07, 6.45) is 3.03. The predicted molar refractivity (Wildman–Crippen MR) is 55.5 cm³/mol. The van der Waals surface area contributed by atoms with Crippen molar-refractivity contribution in [3.05, 3.63) is 0 Å². The summed E-state index contributed by atoms with van der Waals surface area (Å²) in [4.78, 5) is 23.1. The van der Waals surface area contributed by atoms with Gasteiger partial charge in [0.1, 0.15) is 11.6 Å². The molecule has 0 aliphatic heterocycles. The molecule has 2 aliphatic carbocycles. The van der Waals surface area contributed by atoms with Gasteiger partial charge in [-0.1, -0.05) is 6.92 Å². The van der Waals surface area contributed by atoms with Gasteiger partial charge >= 0.3 is 0 Å². The number of Topliss-reactive ketones (excluding diaryl/α,β-unsaturated/α-hetero) is 2. The fourth-order valence-corrected chi connectivity index (χ4v) is 3.49. The molecule has 0 radical (unpaired) electrons. The van der Waals surface area contributed by atoms with Gasteiger partial charge < -0.3 is 4.74 Å². The molecule has 0 unspecified atom stereocenters. The SMILES string of the molecule is CCC1(OC)C2CC(=O)CC1CC(=O)C2. The Morgan fingerprint density at radius 1 is 1.13 bits per heavy atom. The summed E-state index contributed by atoms with van der Waals surface area (Å²) in [6, 6.07) is 0. The highest BCUT2D eigenvalue weighted by Crippen LogP contribution is 2.48. The number of hydrogen-bond acceptors (Lipinski definition) is 3. The van der Waals surface area contributed by atoms with Crippen molar-refractivity contribution in [3.63, 3.8) is 0 Å². The van der Waals surface area contributed by atoms with Crippen molar-refractivity contribution in [2.45, 2.75) is 44.6 Å². The van der Waals surface area contributed by atoms with E-state index in [1.165, 1.54) is 0 Å². The van der Waals surface area contributed by atoms with E-state index < -0.39 is 0 Å². The highest BCUT2D eigenvalue weighted by atomic mass is 16.5. The first-order chi connectivity index (χ1) is 7.12. The molecular weight excluding hydrogens is 192 g/mol. The Kier molecular flexibility index (Phi) is 2.67. The van der Waals surface area contributed by atoms with E-state index in [4.69, 9.17) is 4.74 Å². The lowest BCUT2D eigenvalue weighted by Gasteiger charge is -2.50. The zero-order valence-corrected chi connectivity index (χ0v) is 9.41. The zero-order chi connectivity index (χ0) is 11.1. The van der Waals surface area contributed by atoms with Crippen LogP contribution in [0.15, 0.2) is 0 Å². The lowest BCUT2D eigenvalue weighted by atomic mass is 9.59. The summed E-state index contributed by atoms with van der Waals surface area (Å²) in [5.41, 5.74) is -0.207. The van der Waals surface area contributed by atoms with Gasteiger partial charge in [0.05, 0.1) is 5.60 Å². The lowest BCUT2D eigenvalue weighted by Crippen LogP contribution is -2.55. The van der Waals surface area contributed by atoms with E-state index >= 15 is 0 Å². The second-order valence-corrected chi connectivity index (χ2v) is 4.80. The van der Waals surface area contributed by atoms with Gasteiger partial charge in [-0.2, -0.15) is 0 Å². The number of hydrogen-bond donors (Lipinski definition) is 0. The molecule has 15 heavy (non-hydrogen) atoms. The molecule has 0 amide bonds. The maximum atomic E-state index is 11.5. The second-order valence-electron chi connectivity index (χ2n) is 4.80. The zero-order valence-electron chi connectivity index (χ0n) is 9.41. The summed E-state index contributed by atoms with van der Waals surface area (Å²) in [7, 11) is 1.72. The maximum Gasteiger partial charge on any atom is 0.133 e. The molecule has 0 saturated heterocycles. The van der Waals surface area contributed by atoms with Crippen LogP contribution >= 0.6 is 0 Å². The maximum absolute atomic E-state index is 11.5. The third-order valence-electron chi connectivity index (χ3n) is 4.21. The van der Waals surface area contributed by atoms with Crippen molar-refractivity contribution < 1.29 is 14.3 Å². The summed E-state index contributed by atoms with van der Waals surface area (Å²) >= 11 is 0. The number of ether oxygens (including phenoxy) is 1. The molecule has 0 N–H and O–H groups in total. The minimum absolute atomic E-state index is 0.125. The number of methoxy groups -OCH3 is 1. The van der Waals surface area contributed by atoms with E-state index in [1.807, 2.05) is 0 Å². The van der Waals surface area contributed by atoms with Crippen molar-refractivity contribution in [1.82, 2.24) is 0 Å². The highest BCUT2D eigenvalue weighted by molar-refractivity contribution is 5.87. The smallest absolute Gasteiger partial charge is 0.133 e. The van der Waals surface area contributed by atoms with Crippen LogP contribution in [0.3, 0.4) is 0 Å². The summed E-state index contributed by atoms with van der Waals surface area (Å²) in [5, 5.41) is 0. The fraction of sp³-hybridized carbons (Fsp3) is 0.833. The summed E-state index contributed by atoms with van der Waals surface area (Å²) in [5.74, 6) is 0.859. The van der Waals surface area contributed by atoms with E-state index in [0.717, 1.165) is 6.42 Å². The van der Waals surface area contributed by atoms with Crippen molar-refractivity contribution in [2.75, 3.05) is 7.11 Å². The van der Waals surface area contributed by atoms with Gasteiger partial charge in [0.15, 0.2) is 0 Å². The molecule has 2 bridgehead atoms. The van der Waals surface area contributed by atoms with Crippen LogP contribution in [-0.4, -0.2) is 24.3 Å². The van der Waals surface area contributed by atoms with Crippen LogP contribution in [0.4, 0.5) is 0 Å². The Hall–Kier alpha value is -0.700. The first-order valence-electron chi connectivity index (χ1n) is 5.71. The van der Waals surface area contributed by atoms with E-state index in [-0.39, 0.29) is 17.4 Å². The Morgan fingerprint density at radius 3 is 1.80 bits per heavy atom. The molecule has 0 atom stereocenters. The molecule has 84 valence electrons. The molecule has 2 rings (SSSR count). The number of ketones is 2. The largest absolute Gasteiger partial charge is 0.378 e. The average molecular weight is 210 g/mol. The Balaban J connectivity index is 2.32. The minimum Gasteiger partial charge on any atom is -0.378 e. The molecule has 2 saturated carbocycles. The van der Waals surface area contributed by atoms with Crippen molar-refractivity contribution >= 4 is 11.6 Å². The number of carbonyl (C=O) groups excluding carboxylic acids is 2. The molecule has 3 heteroatoms. The first-order valence-corrected chi connectivity index (χ1v) is 5.71. The van der Waals surface area contributed by atoms with Gasteiger partial charge in [0, 0.05) is 44.6 Å². The molecule has 0 spiro atoms. The highest BCUT2D eigenvalue weighted by Gasteiger charge is 2.53. The summed E-state index contributed by atoms with van der Waals surface area (Å²) < 4.78 is 5.69. The molecule has 3 nitrogen and oxygen atoms in total. The van der Waals surface area contributed by atoms with Gasteiger partial charge in [0.25, 0.3) is 0 Å². The summed E-state index contributed by atoms with van der Waals surface area (Å²) in [6.45, 7) is 2.09. The van der Waals surface area contributed by atoms with Gasteiger partial charge in [-0.15, -0.1) is 0 Å². The predicted octanol–water partition coefficient (Wildman–Crippen LogP) is 1.74. The van der Waals surface area contributed by atoms with Crippen LogP contribution in [0.2, 0.25) is 0 Å². The topological polar surface area (TPSA) is 43.4 Å². The molecule has 0 aromatic heterocycles. The monoisotopic (exact) mass is 210 g/mol. The van der Waals surface area contributed by atoms with Crippen LogP contribution in [0.25, 0.3) is 0 Å². The van der Waals surface area contributed by atoms with Crippen molar-refractivity contribution in [1.29, 1.82) is 0 Å². The van der Waals surface area contributed by atoms with E-state index in [2.05, 4.69) is 6.92 Å². The second kappa shape index (κ2) is 3.71. The molecule has 2 fully saturated rings. The fourth-order valence-electron chi connectivity index (χ4n) is 3.49. The molecule has 0 aromatic rings. The Bertz CT molecular complexity index is 249. The first kappa shape index (κ1) is 10.8. The van der Waals surface area contributed by atoms with Crippen LogP contribution in [0.1, 0.15) is 39.0 Å². The van der Waals surface area contributed by atoms with Gasteiger partial charge in [-0.3, -0.25) is 9.59 Å².